The molecule has 3 nitrogen and oxygen atoms in total. The standard InChI is InChI=1S/C15H20N2OS/c1-12(2)17(10-14-5-4-8-19-14)11-15(18)13-6-7-16(3)9-13/h4-9,12H,10-11H2,1-3H3. The third-order valence-electron chi connectivity index (χ3n) is 3.17. The number of nitrogens with zero attached hydrogens (tertiary/aromatic N) is 2. The van der Waals surface area contributed by atoms with Crippen LogP contribution in [0.25, 0.3) is 0 Å². The van der Waals surface area contributed by atoms with Crippen LogP contribution in [0.4, 0.5) is 0 Å². The summed E-state index contributed by atoms with van der Waals surface area (Å²) in [6.07, 6.45) is 3.79. The molecule has 19 heavy (non-hydrogen) atoms. The van der Waals surface area contributed by atoms with E-state index in [1.165, 1.54) is 4.88 Å². The Hall–Kier alpha value is -1.39. The summed E-state index contributed by atoms with van der Waals surface area (Å²) in [4.78, 5) is 15.8. The van der Waals surface area contributed by atoms with Crippen molar-refractivity contribution in [3.63, 3.8) is 0 Å². The molecular weight excluding hydrogens is 256 g/mol. The van der Waals surface area contributed by atoms with E-state index in [9.17, 15) is 4.79 Å². The second-order valence-electron chi connectivity index (χ2n) is 5.07. The van der Waals surface area contributed by atoms with Gasteiger partial charge in [0.15, 0.2) is 5.78 Å². The van der Waals surface area contributed by atoms with E-state index >= 15 is 0 Å². The largest absolute Gasteiger partial charge is 0.357 e. The maximum Gasteiger partial charge on any atom is 0.178 e. The van der Waals surface area contributed by atoms with Gasteiger partial charge < -0.3 is 4.57 Å². The number of carbonyl (C=O) groups is 1. The van der Waals surface area contributed by atoms with E-state index in [-0.39, 0.29) is 5.78 Å². The highest BCUT2D eigenvalue weighted by Crippen LogP contribution is 2.14. The fourth-order valence-corrected chi connectivity index (χ4v) is 2.70. The molecule has 102 valence electrons. The average Bonchev–Trinajstić information content (AvgIpc) is 2.99. The molecule has 2 aromatic rings. The van der Waals surface area contributed by atoms with E-state index in [2.05, 4.69) is 36.3 Å². The molecule has 0 fully saturated rings. The molecule has 0 radical (unpaired) electrons. The van der Waals surface area contributed by atoms with Crippen LogP contribution in [-0.4, -0.2) is 27.8 Å². The Morgan fingerprint density at radius 2 is 2.21 bits per heavy atom. The zero-order valence-corrected chi connectivity index (χ0v) is 12.5. The predicted molar refractivity (Wildman–Crippen MR) is 79.6 cm³/mol. The van der Waals surface area contributed by atoms with Crippen molar-refractivity contribution in [3.8, 4) is 0 Å². The lowest BCUT2D eigenvalue weighted by atomic mass is 10.2. The van der Waals surface area contributed by atoms with Crippen LogP contribution in [-0.2, 0) is 13.6 Å². The lowest BCUT2D eigenvalue weighted by Gasteiger charge is -2.24. The van der Waals surface area contributed by atoms with Gasteiger partial charge in [-0.1, -0.05) is 6.07 Å². The maximum atomic E-state index is 12.2. The van der Waals surface area contributed by atoms with Gasteiger partial charge in [0, 0.05) is 42.5 Å². The van der Waals surface area contributed by atoms with Crippen LogP contribution in [0.3, 0.4) is 0 Å². The molecule has 4 heteroatoms. The van der Waals surface area contributed by atoms with Crippen LogP contribution in [0.5, 0.6) is 0 Å². The molecule has 0 N–H and O–H groups in total. The minimum atomic E-state index is 0.186. The quantitative estimate of drug-likeness (QED) is 0.757. The Kier molecular flexibility index (Phi) is 4.56. The highest BCUT2D eigenvalue weighted by Gasteiger charge is 2.16. The van der Waals surface area contributed by atoms with Crippen LogP contribution in [0.1, 0.15) is 29.1 Å². The van der Waals surface area contributed by atoms with Crippen molar-refractivity contribution < 1.29 is 4.79 Å². The minimum absolute atomic E-state index is 0.186. The van der Waals surface area contributed by atoms with Gasteiger partial charge in [-0.05, 0) is 31.4 Å². The van der Waals surface area contributed by atoms with Crippen molar-refractivity contribution in [2.24, 2.45) is 7.05 Å². The molecule has 0 saturated heterocycles. The lowest BCUT2D eigenvalue weighted by Crippen LogP contribution is -2.34. The Morgan fingerprint density at radius 3 is 2.74 bits per heavy atom. The van der Waals surface area contributed by atoms with E-state index in [4.69, 9.17) is 0 Å². The maximum absolute atomic E-state index is 12.2. The second-order valence-corrected chi connectivity index (χ2v) is 6.10. The van der Waals surface area contributed by atoms with Crippen LogP contribution in [0.2, 0.25) is 0 Å². The molecule has 0 spiro atoms. The highest BCUT2D eigenvalue weighted by atomic mass is 32.1. The molecular formula is C15H20N2OS. The summed E-state index contributed by atoms with van der Waals surface area (Å²) in [5.41, 5.74) is 0.791. The Labute approximate surface area is 118 Å². The molecule has 0 aliphatic heterocycles. The number of thiophene rings is 1. The number of carbonyl (C=O) groups excluding carboxylic acids is 1. The van der Waals surface area contributed by atoms with E-state index in [1.807, 2.05) is 30.1 Å². The first-order valence-electron chi connectivity index (χ1n) is 6.48. The lowest BCUT2D eigenvalue weighted by molar-refractivity contribution is 0.0899. The van der Waals surface area contributed by atoms with Crippen molar-refractivity contribution in [2.75, 3.05) is 6.54 Å². The van der Waals surface area contributed by atoms with Gasteiger partial charge in [-0.3, -0.25) is 9.69 Å². The van der Waals surface area contributed by atoms with Gasteiger partial charge in [0.05, 0.1) is 6.54 Å². The number of Topliss-reactive ketones (excluding diaryl/α,β-unsaturated/α-hetero) is 1. The first-order chi connectivity index (χ1) is 9.06. The van der Waals surface area contributed by atoms with Crippen molar-refractivity contribution in [2.45, 2.75) is 26.4 Å². The third kappa shape index (κ3) is 3.78. The van der Waals surface area contributed by atoms with Crippen LogP contribution < -0.4 is 0 Å². The molecule has 0 bridgehead atoms. The SMILES string of the molecule is CC(C)N(CC(=O)c1ccn(C)c1)Cc1cccs1. The van der Waals surface area contributed by atoms with E-state index in [0.29, 0.717) is 12.6 Å². The van der Waals surface area contributed by atoms with Crippen molar-refractivity contribution >= 4 is 17.1 Å². The second kappa shape index (κ2) is 6.17. The minimum Gasteiger partial charge on any atom is -0.357 e. The Bertz CT molecular complexity index is 528. The number of rotatable bonds is 6. The monoisotopic (exact) mass is 276 g/mol. The summed E-state index contributed by atoms with van der Waals surface area (Å²) in [7, 11) is 1.93. The highest BCUT2D eigenvalue weighted by molar-refractivity contribution is 7.09. The molecule has 2 heterocycles. The third-order valence-corrected chi connectivity index (χ3v) is 4.03. The van der Waals surface area contributed by atoms with Gasteiger partial charge in [-0.2, -0.15) is 0 Å². The molecule has 2 rings (SSSR count). The Morgan fingerprint density at radius 1 is 1.42 bits per heavy atom. The first-order valence-corrected chi connectivity index (χ1v) is 7.36. The van der Waals surface area contributed by atoms with Gasteiger partial charge in [-0.25, -0.2) is 0 Å². The van der Waals surface area contributed by atoms with Crippen molar-refractivity contribution in [1.82, 2.24) is 9.47 Å². The molecule has 0 unspecified atom stereocenters. The van der Waals surface area contributed by atoms with Crippen LogP contribution >= 0.6 is 11.3 Å². The zero-order valence-electron chi connectivity index (χ0n) is 11.7. The number of hydrogen-bond acceptors (Lipinski definition) is 3. The number of aryl methyl sites for hydroxylation is 1. The van der Waals surface area contributed by atoms with Crippen molar-refractivity contribution in [1.29, 1.82) is 0 Å². The number of aromatic nitrogens is 1. The summed E-state index contributed by atoms with van der Waals surface area (Å²) in [5.74, 6) is 0.186. The molecule has 0 aliphatic rings. The van der Waals surface area contributed by atoms with E-state index in [0.717, 1.165) is 12.1 Å². The average molecular weight is 276 g/mol. The molecule has 0 amide bonds. The fourth-order valence-electron chi connectivity index (χ4n) is 1.97. The Balaban J connectivity index is 2.02. The van der Waals surface area contributed by atoms with Gasteiger partial charge in [0.25, 0.3) is 0 Å². The zero-order chi connectivity index (χ0) is 13.8. The molecule has 0 atom stereocenters. The predicted octanol–water partition coefficient (Wildman–Crippen LogP) is 3.18. The van der Waals surface area contributed by atoms with Gasteiger partial charge >= 0.3 is 0 Å². The molecule has 0 aromatic carbocycles. The summed E-state index contributed by atoms with van der Waals surface area (Å²) >= 11 is 1.74. The molecule has 0 saturated carbocycles. The van der Waals surface area contributed by atoms with Gasteiger partial charge in [0.1, 0.15) is 0 Å². The molecule has 2 aromatic heterocycles. The summed E-state index contributed by atoms with van der Waals surface area (Å²) < 4.78 is 1.91. The number of hydrogen-bond donors (Lipinski definition) is 0. The van der Waals surface area contributed by atoms with Crippen molar-refractivity contribution in [3.05, 3.63) is 46.4 Å². The first kappa shape index (κ1) is 14.0. The fraction of sp³-hybridized carbons (Fsp3) is 0.400. The van der Waals surface area contributed by atoms with E-state index in [1.54, 1.807) is 11.3 Å². The summed E-state index contributed by atoms with van der Waals surface area (Å²) in [6, 6.07) is 6.41. The molecule has 0 aliphatic carbocycles. The number of ketones is 1. The normalized spacial score (nSPS) is 11.4. The smallest absolute Gasteiger partial charge is 0.178 e. The van der Waals surface area contributed by atoms with Gasteiger partial charge in [0.2, 0.25) is 0 Å². The van der Waals surface area contributed by atoms with Crippen LogP contribution in [0, 0.1) is 0 Å². The summed E-state index contributed by atoms with van der Waals surface area (Å²) in [6.45, 7) is 5.57. The topological polar surface area (TPSA) is 25.2 Å². The van der Waals surface area contributed by atoms with E-state index < -0.39 is 0 Å². The summed E-state index contributed by atoms with van der Waals surface area (Å²) in [5, 5.41) is 2.08. The van der Waals surface area contributed by atoms with Crippen LogP contribution in [0.15, 0.2) is 36.0 Å². The van der Waals surface area contributed by atoms with Gasteiger partial charge in [-0.15, -0.1) is 11.3 Å².